The molecule has 0 saturated carbocycles. The van der Waals surface area contributed by atoms with E-state index in [1.54, 1.807) is 17.0 Å². The molecule has 0 aliphatic carbocycles. The van der Waals surface area contributed by atoms with Crippen LogP contribution in [0.2, 0.25) is 0 Å². The van der Waals surface area contributed by atoms with Gasteiger partial charge in [-0.3, -0.25) is 4.79 Å². The molecular formula is C22H21F2N3O3S. The minimum atomic E-state index is -3.97. The predicted octanol–water partition coefficient (Wildman–Crippen LogP) is 2.96. The van der Waals surface area contributed by atoms with Gasteiger partial charge in [0.2, 0.25) is 10.0 Å². The highest BCUT2D eigenvalue weighted by Gasteiger charge is 2.31. The minimum absolute atomic E-state index is 0.0759. The van der Waals surface area contributed by atoms with Gasteiger partial charge in [-0.15, -0.1) is 0 Å². The van der Waals surface area contributed by atoms with E-state index in [1.165, 1.54) is 4.31 Å². The van der Waals surface area contributed by atoms with Crippen LogP contribution in [-0.2, 0) is 16.6 Å². The van der Waals surface area contributed by atoms with E-state index in [2.05, 4.69) is 0 Å². The fourth-order valence-electron chi connectivity index (χ4n) is 3.61. The van der Waals surface area contributed by atoms with Gasteiger partial charge in [0, 0.05) is 38.9 Å². The average molecular weight is 445 g/mol. The molecule has 2 heterocycles. The fourth-order valence-corrected chi connectivity index (χ4v) is 5.04. The Balaban J connectivity index is 1.44. The molecule has 1 amide bonds. The van der Waals surface area contributed by atoms with E-state index >= 15 is 0 Å². The van der Waals surface area contributed by atoms with Crippen molar-refractivity contribution in [3.63, 3.8) is 0 Å². The van der Waals surface area contributed by atoms with Crippen molar-refractivity contribution in [1.82, 2.24) is 13.8 Å². The van der Waals surface area contributed by atoms with Crippen LogP contribution in [0.3, 0.4) is 0 Å². The molecule has 31 heavy (non-hydrogen) atoms. The number of rotatable bonds is 5. The highest BCUT2D eigenvalue weighted by molar-refractivity contribution is 7.89. The molecule has 9 heteroatoms. The Morgan fingerprint density at radius 3 is 2.26 bits per heavy atom. The number of hydrogen-bond donors (Lipinski definition) is 0. The summed E-state index contributed by atoms with van der Waals surface area (Å²) >= 11 is 0. The molecule has 6 nitrogen and oxygen atoms in total. The summed E-state index contributed by atoms with van der Waals surface area (Å²) in [5, 5.41) is 0. The van der Waals surface area contributed by atoms with Gasteiger partial charge in [-0.05, 0) is 35.9 Å². The van der Waals surface area contributed by atoms with Crippen LogP contribution in [0, 0.1) is 11.6 Å². The van der Waals surface area contributed by atoms with E-state index in [0.29, 0.717) is 18.3 Å². The summed E-state index contributed by atoms with van der Waals surface area (Å²) in [7, 11) is -3.97. The van der Waals surface area contributed by atoms with Crippen molar-refractivity contribution in [1.29, 1.82) is 0 Å². The third-order valence-corrected chi connectivity index (χ3v) is 7.19. The first-order valence-electron chi connectivity index (χ1n) is 9.80. The first-order chi connectivity index (χ1) is 14.9. The topological polar surface area (TPSA) is 62.6 Å². The molecule has 0 N–H and O–H groups in total. The Kier molecular flexibility index (Phi) is 5.88. The molecule has 1 aliphatic heterocycles. The van der Waals surface area contributed by atoms with Crippen LogP contribution in [-0.4, -0.2) is 54.3 Å². The average Bonchev–Trinajstić information content (AvgIpc) is 3.24. The first-order valence-corrected chi connectivity index (χ1v) is 11.2. The number of aromatic nitrogens is 1. The second kappa shape index (κ2) is 8.60. The normalized spacial score (nSPS) is 15.2. The van der Waals surface area contributed by atoms with Crippen LogP contribution in [0.25, 0.3) is 0 Å². The SMILES string of the molecule is O=C(c1cccn1Cc1ccccc1)N1CCN(S(=O)(=O)c2ccc(F)c(F)c2)CC1. The Hall–Kier alpha value is -3.04. The van der Waals surface area contributed by atoms with E-state index < -0.39 is 21.7 Å². The van der Waals surface area contributed by atoms with E-state index in [9.17, 15) is 22.0 Å². The molecular weight excluding hydrogens is 424 g/mol. The van der Waals surface area contributed by atoms with Gasteiger partial charge < -0.3 is 9.47 Å². The molecule has 0 spiro atoms. The van der Waals surface area contributed by atoms with Crippen molar-refractivity contribution < 1.29 is 22.0 Å². The van der Waals surface area contributed by atoms with E-state index in [-0.39, 0.29) is 37.0 Å². The summed E-state index contributed by atoms with van der Waals surface area (Å²) in [5.74, 6) is -2.49. The van der Waals surface area contributed by atoms with Crippen molar-refractivity contribution in [3.8, 4) is 0 Å². The maximum Gasteiger partial charge on any atom is 0.270 e. The Bertz CT molecular complexity index is 1190. The Labute approximate surface area is 179 Å². The van der Waals surface area contributed by atoms with Crippen LogP contribution in [0.1, 0.15) is 16.1 Å². The predicted molar refractivity (Wildman–Crippen MR) is 111 cm³/mol. The van der Waals surface area contributed by atoms with Crippen LogP contribution >= 0.6 is 0 Å². The summed E-state index contributed by atoms with van der Waals surface area (Å²) in [6.07, 6.45) is 1.84. The number of amides is 1. The number of carbonyl (C=O) groups is 1. The maximum atomic E-state index is 13.5. The summed E-state index contributed by atoms with van der Waals surface area (Å²) in [6.45, 7) is 1.12. The number of benzene rings is 2. The molecule has 1 aromatic heterocycles. The van der Waals surface area contributed by atoms with Crippen LogP contribution in [0.5, 0.6) is 0 Å². The molecule has 2 aromatic carbocycles. The van der Waals surface area contributed by atoms with Gasteiger partial charge >= 0.3 is 0 Å². The Morgan fingerprint density at radius 2 is 1.58 bits per heavy atom. The van der Waals surface area contributed by atoms with Crippen molar-refractivity contribution in [3.05, 3.63) is 89.8 Å². The van der Waals surface area contributed by atoms with Gasteiger partial charge in [0.25, 0.3) is 5.91 Å². The van der Waals surface area contributed by atoms with Gasteiger partial charge in [-0.1, -0.05) is 30.3 Å². The fraction of sp³-hybridized carbons (Fsp3) is 0.227. The van der Waals surface area contributed by atoms with Gasteiger partial charge in [-0.25, -0.2) is 17.2 Å². The van der Waals surface area contributed by atoms with Crippen molar-refractivity contribution in [2.24, 2.45) is 0 Å². The summed E-state index contributed by atoms with van der Waals surface area (Å²) < 4.78 is 55.2. The van der Waals surface area contributed by atoms with Gasteiger partial charge in [0.05, 0.1) is 4.90 Å². The van der Waals surface area contributed by atoms with Crippen LogP contribution in [0.15, 0.2) is 71.8 Å². The molecule has 0 unspecified atom stereocenters. The van der Waals surface area contributed by atoms with Crippen LogP contribution < -0.4 is 0 Å². The highest BCUT2D eigenvalue weighted by atomic mass is 32.2. The highest BCUT2D eigenvalue weighted by Crippen LogP contribution is 2.21. The van der Waals surface area contributed by atoms with E-state index in [4.69, 9.17) is 0 Å². The standard InChI is InChI=1S/C22H21F2N3O3S/c23-19-9-8-18(15-20(19)24)31(29,30)27-13-11-25(12-14-27)22(28)21-7-4-10-26(21)16-17-5-2-1-3-6-17/h1-10,15H,11-14,16H2. The number of halogens is 2. The zero-order valence-electron chi connectivity index (χ0n) is 16.6. The lowest BCUT2D eigenvalue weighted by Crippen LogP contribution is -2.50. The van der Waals surface area contributed by atoms with E-state index in [0.717, 1.165) is 17.7 Å². The molecule has 0 radical (unpaired) electrons. The van der Waals surface area contributed by atoms with Gasteiger partial charge in [0.1, 0.15) is 5.69 Å². The lowest BCUT2D eigenvalue weighted by atomic mass is 10.2. The van der Waals surface area contributed by atoms with Gasteiger partial charge in [0.15, 0.2) is 11.6 Å². The number of hydrogen-bond acceptors (Lipinski definition) is 3. The van der Waals surface area contributed by atoms with Crippen molar-refractivity contribution in [2.75, 3.05) is 26.2 Å². The lowest BCUT2D eigenvalue weighted by molar-refractivity contribution is 0.0687. The molecule has 1 saturated heterocycles. The molecule has 0 atom stereocenters. The molecule has 162 valence electrons. The first kappa shape index (κ1) is 21.2. The second-order valence-electron chi connectivity index (χ2n) is 7.28. The Morgan fingerprint density at radius 1 is 0.871 bits per heavy atom. The molecule has 4 rings (SSSR count). The zero-order chi connectivity index (χ0) is 22.0. The quantitative estimate of drug-likeness (QED) is 0.607. The molecule has 1 fully saturated rings. The monoisotopic (exact) mass is 445 g/mol. The van der Waals surface area contributed by atoms with Crippen molar-refractivity contribution >= 4 is 15.9 Å². The third kappa shape index (κ3) is 4.38. The lowest BCUT2D eigenvalue weighted by Gasteiger charge is -2.34. The van der Waals surface area contributed by atoms with E-state index in [1.807, 2.05) is 41.1 Å². The summed E-state index contributed by atoms with van der Waals surface area (Å²) in [6, 6.07) is 15.8. The number of sulfonamides is 1. The second-order valence-corrected chi connectivity index (χ2v) is 9.22. The number of carbonyl (C=O) groups excluding carboxylic acids is 1. The van der Waals surface area contributed by atoms with Gasteiger partial charge in [-0.2, -0.15) is 4.31 Å². The molecule has 0 bridgehead atoms. The smallest absolute Gasteiger partial charge is 0.270 e. The summed E-state index contributed by atoms with van der Waals surface area (Å²) in [4.78, 5) is 14.3. The maximum absolute atomic E-state index is 13.5. The van der Waals surface area contributed by atoms with Crippen molar-refractivity contribution in [2.45, 2.75) is 11.4 Å². The minimum Gasteiger partial charge on any atom is -0.339 e. The third-order valence-electron chi connectivity index (χ3n) is 5.30. The molecule has 1 aliphatic rings. The van der Waals surface area contributed by atoms with Crippen LogP contribution in [0.4, 0.5) is 8.78 Å². The number of nitrogens with zero attached hydrogens (tertiary/aromatic N) is 3. The molecule has 3 aromatic rings. The zero-order valence-corrected chi connectivity index (χ0v) is 17.4. The largest absolute Gasteiger partial charge is 0.339 e. The summed E-state index contributed by atoms with van der Waals surface area (Å²) in [5.41, 5.74) is 1.59. The number of piperazine rings is 1.